The number of anilines is 3. The number of nitrogens with two attached hydrogens (primary N) is 1. The molecule has 1 aromatic carbocycles. The molecule has 2 aromatic rings. The van der Waals surface area contributed by atoms with E-state index in [1.54, 1.807) is 32.2 Å². The number of methoxy groups -OCH3 is 1. The topological polar surface area (TPSA) is 73.1 Å². The SMILES string of the molecule is COc1ccc(Cl)cc1Nc1nc(C)nc(N)c1C. The highest BCUT2D eigenvalue weighted by atomic mass is 35.5. The standard InChI is InChI=1S/C13H15ClN4O/c1-7-12(15)16-8(2)17-13(7)18-10-6-9(14)4-5-11(10)19-3/h4-6H,1-3H3,(H3,15,16,17,18). The van der Waals surface area contributed by atoms with Gasteiger partial charge in [0.15, 0.2) is 0 Å². The highest BCUT2D eigenvalue weighted by molar-refractivity contribution is 6.31. The Hall–Kier alpha value is -2.01. The molecule has 0 saturated carbocycles. The van der Waals surface area contributed by atoms with E-state index in [0.29, 0.717) is 28.2 Å². The summed E-state index contributed by atoms with van der Waals surface area (Å²) in [4.78, 5) is 8.44. The number of nitrogens with zero attached hydrogens (tertiary/aromatic N) is 2. The molecule has 0 saturated heterocycles. The third kappa shape index (κ3) is 2.88. The van der Waals surface area contributed by atoms with Crippen molar-refractivity contribution in [3.05, 3.63) is 34.6 Å². The first-order chi connectivity index (χ1) is 9.01. The highest BCUT2D eigenvalue weighted by Crippen LogP contribution is 2.31. The smallest absolute Gasteiger partial charge is 0.142 e. The van der Waals surface area contributed by atoms with Gasteiger partial charge in [-0.15, -0.1) is 0 Å². The van der Waals surface area contributed by atoms with Crippen LogP contribution in [0.2, 0.25) is 5.02 Å². The Bertz CT molecular complexity index is 616. The van der Waals surface area contributed by atoms with E-state index in [4.69, 9.17) is 22.1 Å². The first kappa shape index (κ1) is 13.4. The Morgan fingerprint density at radius 1 is 1.26 bits per heavy atom. The van der Waals surface area contributed by atoms with Gasteiger partial charge in [-0.2, -0.15) is 0 Å². The minimum Gasteiger partial charge on any atom is -0.495 e. The summed E-state index contributed by atoms with van der Waals surface area (Å²) in [6.07, 6.45) is 0. The van der Waals surface area contributed by atoms with E-state index >= 15 is 0 Å². The number of halogens is 1. The van der Waals surface area contributed by atoms with Crippen molar-refractivity contribution < 1.29 is 4.74 Å². The summed E-state index contributed by atoms with van der Waals surface area (Å²) in [6, 6.07) is 5.32. The number of aryl methyl sites for hydroxylation is 1. The molecule has 0 spiro atoms. The van der Waals surface area contributed by atoms with E-state index in [0.717, 1.165) is 11.3 Å². The fourth-order valence-corrected chi connectivity index (χ4v) is 1.85. The molecule has 6 heteroatoms. The van der Waals surface area contributed by atoms with Gasteiger partial charge < -0.3 is 15.8 Å². The molecule has 0 aliphatic carbocycles. The lowest BCUT2D eigenvalue weighted by atomic mass is 10.2. The summed E-state index contributed by atoms with van der Waals surface area (Å²) in [7, 11) is 1.60. The number of ether oxygens (including phenoxy) is 1. The molecule has 0 amide bonds. The summed E-state index contributed by atoms with van der Waals surface area (Å²) in [5, 5.41) is 3.78. The fraction of sp³-hybridized carbons (Fsp3) is 0.231. The number of benzene rings is 1. The monoisotopic (exact) mass is 278 g/mol. The van der Waals surface area contributed by atoms with Crippen LogP contribution in [-0.4, -0.2) is 17.1 Å². The lowest BCUT2D eigenvalue weighted by molar-refractivity contribution is 0.417. The second kappa shape index (κ2) is 5.32. The Balaban J connectivity index is 2.44. The highest BCUT2D eigenvalue weighted by Gasteiger charge is 2.10. The fourth-order valence-electron chi connectivity index (χ4n) is 1.68. The number of nitrogens with one attached hydrogen (secondary N) is 1. The number of hydrogen-bond acceptors (Lipinski definition) is 5. The molecule has 0 unspecified atom stereocenters. The summed E-state index contributed by atoms with van der Waals surface area (Å²) < 4.78 is 5.28. The number of rotatable bonds is 3. The van der Waals surface area contributed by atoms with Crippen LogP contribution in [0.4, 0.5) is 17.3 Å². The number of hydrogen-bond donors (Lipinski definition) is 2. The molecule has 19 heavy (non-hydrogen) atoms. The van der Waals surface area contributed by atoms with Crippen LogP contribution in [0.25, 0.3) is 0 Å². The van der Waals surface area contributed by atoms with E-state index < -0.39 is 0 Å². The van der Waals surface area contributed by atoms with E-state index in [9.17, 15) is 0 Å². The third-order valence-corrected chi connectivity index (χ3v) is 2.94. The van der Waals surface area contributed by atoms with Crippen LogP contribution in [0.1, 0.15) is 11.4 Å². The van der Waals surface area contributed by atoms with Crippen molar-refractivity contribution in [2.45, 2.75) is 13.8 Å². The van der Waals surface area contributed by atoms with Gasteiger partial charge in [-0.1, -0.05) is 11.6 Å². The van der Waals surface area contributed by atoms with Crippen molar-refractivity contribution in [1.29, 1.82) is 0 Å². The van der Waals surface area contributed by atoms with Crippen LogP contribution in [0.15, 0.2) is 18.2 Å². The molecule has 0 aliphatic rings. The normalized spacial score (nSPS) is 10.3. The number of nitrogen functional groups attached to an aromatic ring is 1. The van der Waals surface area contributed by atoms with E-state index in [2.05, 4.69) is 15.3 Å². The molecule has 0 atom stereocenters. The van der Waals surface area contributed by atoms with Crippen LogP contribution in [-0.2, 0) is 0 Å². The molecular formula is C13H15ClN4O. The van der Waals surface area contributed by atoms with Gasteiger partial charge in [0.25, 0.3) is 0 Å². The molecule has 0 aliphatic heterocycles. The average Bonchev–Trinajstić information content (AvgIpc) is 2.35. The van der Waals surface area contributed by atoms with Crippen LogP contribution < -0.4 is 15.8 Å². The molecule has 0 bridgehead atoms. The van der Waals surface area contributed by atoms with Gasteiger partial charge in [-0.25, -0.2) is 9.97 Å². The van der Waals surface area contributed by atoms with Gasteiger partial charge in [0.05, 0.1) is 12.8 Å². The molecular weight excluding hydrogens is 264 g/mol. The van der Waals surface area contributed by atoms with E-state index in [1.807, 2.05) is 6.92 Å². The van der Waals surface area contributed by atoms with Gasteiger partial charge in [0.1, 0.15) is 23.2 Å². The lowest BCUT2D eigenvalue weighted by Gasteiger charge is -2.13. The largest absolute Gasteiger partial charge is 0.495 e. The summed E-state index contributed by atoms with van der Waals surface area (Å²) in [5.74, 6) is 2.38. The van der Waals surface area contributed by atoms with Crippen LogP contribution in [0.5, 0.6) is 5.75 Å². The summed E-state index contributed by atoms with van der Waals surface area (Å²) >= 11 is 5.99. The molecule has 2 rings (SSSR count). The maximum Gasteiger partial charge on any atom is 0.142 e. The van der Waals surface area contributed by atoms with Crippen LogP contribution in [0, 0.1) is 13.8 Å². The average molecular weight is 279 g/mol. The molecule has 1 heterocycles. The quantitative estimate of drug-likeness (QED) is 0.903. The third-order valence-electron chi connectivity index (χ3n) is 2.71. The minimum absolute atomic E-state index is 0.455. The molecule has 1 aromatic heterocycles. The second-order valence-electron chi connectivity index (χ2n) is 4.10. The Kier molecular flexibility index (Phi) is 3.76. The van der Waals surface area contributed by atoms with Crippen molar-refractivity contribution in [3.8, 4) is 5.75 Å². The molecule has 0 radical (unpaired) electrons. The first-order valence-electron chi connectivity index (χ1n) is 5.72. The predicted molar refractivity (Wildman–Crippen MR) is 77.2 cm³/mol. The number of aromatic nitrogens is 2. The van der Waals surface area contributed by atoms with Crippen molar-refractivity contribution in [2.24, 2.45) is 0 Å². The summed E-state index contributed by atoms with van der Waals surface area (Å²) in [6.45, 7) is 3.64. The van der Waals surface area contributed by atoms with Crippen LogP contribution in [0.3, 0.4) is 0 Å². The zero-order chi connectivity index (χ0) is 14.0. The van der Waals surface area contributed by atoms with Gasteiger partial charge in [-0.3, -0.25) is 0 Å². The molecule has 3 N–H and O–H groups in total. The van der Waals surface area contributed by atoms with E-state index in [1.165, 1.54) is 0 Å². The molecule has 5 nitrogen and oxygen atoms in total. The van der Waals surface area contributed by atoms with Crippen LogP contribution >= 0.6 is 11.6 Å². The van der Waals surface area contributed by atoms with Crippen molar-refractivity contribution in [1.82, 2.24) is 9.97 Å². The first-order valence-corrected chi connectivity index (χ1v) is 6.10. The van der Waals surface area contributed by atoms with Crippen molar-refractivity contribution in [3.63, 3.8) is 0 Å². The van der Waals surface area contributed by atoms with Crippen molar-refractivity contribution in [2.75, 3.05) is 18.2 Å². The summed E-state index contributed by atoms with van der Waals surface area (Å²) in [5.41, 5.74) is 7.34. The second-order valence-corrected chi connectivity index (χ2v) is 4.54. The maximum absolute atomic E-state index is 5.99. The lowest BCUT2D eigenvalue weighted by Crippen LogP contribution is -2.05. The van der Waals surface area contributed by atoms with Gasteiger partial charge in [-0.05, 0) is 32.0 Å². The maximum atomic E-state index is 5.99. The van der Waals surface area contributed by atoms with E-state index in [-0.39, 0.29) is 0 Å². The zero-order valence-electron chi connectivity index (χ0n) is 11.0. The molecule has 0 fully saturated rings. The van der Waals surface area contributed by atoms with Gasteiger partial charge >= 0.3 is 0 Å². The Morgan fingerprint density at radius 3 is 2.68 bits per heavy atom. The Morgan fingerprint density at radius 2 is 2.00 bits per heavy atom. The Labute approximate surface area is 116 Å². The zero-order valence-corrected chi connectivity index (χ0v) is 11.7. The van der Waals surface area contributed by atoms with Crippen molar-refractivity contribution >= 4 is 28.9 Å². The predicted octanol–water partition coefficient (Wildman–Crippen LogP) is 3.08. The van der Waals surface area contributed by atoms with Gasteiger partial charge in [0.2, 0.25) is 0 Å². The van der Waals surface area contributed by atoms with Gasteiger partial charge in [0, 0.05) is 10.6 Å². The molecule has 100 valence electrons. The minimum atomic E-state index is 0.455.